The fourth-order valence-electron chi connectivity index (χ4n) is 2.16. The molecule has 2 atom stereocenters. The van der Waals surface area contributed by atoms with Crippen molar-refractivity contribution in [3.63, 3.8) is 0 Å². The van der Waals surface area contributed by atoms with Crippen LogP contribution in [0.1, 0.15) is 29.3 Å². The molecule has 1 amide bonds. The van der Waals surface area contributed by atoms with Gasteiger partial charge in [-0.25, -0.2) is 0 Å². The molecule has 1 heterocycles. The first kappa shape index (κ1) is 12.1. The van der Waals surface area contributed by atoms with Crippen molar-refractivity contribution >= 4 is 5.91 Å². The zero-order valence-electron chi connectivity index (χ0n) is 10.5. The van der Waals surface area contributed by atoms with Gasteiger partial charge in [0.1, 0.15) is 0 Å². The summed E-state index contributed by atoms with van der Waals surface area (Å²) in [5.41, 5.74) is 7.95. The number of likely N-dealkylation sites (tertiary alicyclic amines) is 1. The number of nitrogens with zero attached hydrogens (tertiary/aromatic N) is 1. The fraction of sp³-hybridized carbons (Fsp3) is 0.500. The van der Waals surface area contributed by atoms with E-state index >= 15 is 0 Å². The van der Waals surface area contributed by atoms with Gasteiger partial charge in [0, 0.05) is 24.7 Å². The zero-order valence-corrected chi connectivity index (χ0v) is 10.5. The number of piperidine rings is 1. The minimum atomic E-state index is 0.104. The third kappa shape index (κ3) is 2.67. The lowest BCUT2D eigenvalue weighted by atomic mass is 9.94. The number of hydrogen-bond donors (Lipinski definition) is 1. The maximum Gasteiger partial charge on any atom is 0.253 e. The lowest BCUT2D eigenvalue weighted by molar-refractivity contribution is 0.0672. The maximum absolute atomic E-state index is 12.2. The molecule has 0 saturated carbocycles. The standard InChI is InChI=1S/C14H20N2O/c1-10-3-5-12(6-4-10)14(17)16-8-7-11(2)13(15)9-16/h3-6,11,13H,7-9,15H2,1-2H3. The molecule has 0 spiro atoms. The predicted molar refractivity (Wildman–Crippen MR) is 68.8 cm³/mol. The summed E-state index contributed by atoms with van der Waals surface area (Å²) >= 11 is 0. The molecular weight excluding hydrogens is 212 g/mol. The molecule has 1 aromatic rings. The highest BCUT2D eigenvalue weighted by atomic mass is 16.2. The normalized spacial score (nSPS) is 24.8. The highest BCUT2D eigenvalue weighted by molar-refractivity contribution is 5.94. The largest absolute Gasteiger partial charge is 0.337 e. The van der Waals surface area contributed by atoms with Crippen molar-refractivity contribution in [2.75, 3.05) is 13.1 Å². The summed E-state index contributed by atoms with van der Waals surface area (Å²) < 4.78 is 0. The van der Waals surface area contributed by atoms with E-state index in [1.807, 2.05) is 36.1 Å². The second kappa shape index (κ2) is 4.88. The van der Waals surface area contributed by atoms with Gasteiger partial charge in [0.15, 0.2) is 0 Å². The van der Waals surface area contributed by atoms with E-state index in [9.17, 15) is 4.79 Å². The Morgan fingerprint density at radius 1 is 1.35 bits per heavy atom. The van der Waals surface area contributed by atoms with E-state index in [1.54, 1.807) is 0 Å². The molecule has 1 saturated heterocycles. The predicted octanol–water partition coefficient (Wildman–Crippen LogP) is 1.80. The summed E-state index contributed by atoms with van der Waals surface area (Å²) in [6.45, 7) is 5.67. The van der Waals surface area contributed by atoms with Crippen LogP contribution in [0, 0.1) is 12.8 Å². The van der Waals surface area contributed by atoms with Crippen LogP contribution in [-0.2, 0) is 0 Å². The van der Waals surface area contributed by atoms with Crippen LogP contribution in [0.5, 0.6) is 0 Å². The van der Waals surface area contributed by atoms with Crippen molar-refractivity contribution in [2.45, 2.75) is 26.3 Å². The third-order valence-corrected chi connectivity index (χ3v) is 3.60. The van der Waals surface area contributed by atoms with E-state index in [2.05, 4.69) is 6.92 Å². The van der Waals surface area contributed by atoms with Crippen molar-refractivity contribution in [3.05, 3.63) is 35.4 Å². The Kier molecular flexibility index (Phi) is 3.48. The van der Waals surface area contributed by atoms with Gasteiger partial charge in [0.2, 0.25) is 0 Å². The highest BCUT2D eigenvalue weighted by Gasteiger charge is 2.26. The Morgan fingerprint density at radius 3 is 2.59 bits per heavy atom. The first-order chi connectivity index (χ1) is 8.08. The monoisotopic (exact) mass is 232 g/mol. The summed E-state index contributed by atoms with van der Waals surface area (Å²) in [6.07, 6.45) is 0.999. The van der Waals surface area contributed by atoms with Crippen LogP contribution < -0.4 is 5.73 Å². The van der Waals surface area contributed by atoms with Gasteiger partial charge in [-0.05, 0) is 31.4 Å². The molecule has 3 nitrogen and oxygen atoms in total. The summed E-state index contributed by atoms with van der Waals surface area (Å²) in [6, 6.07) is 7.83. The number of nitrogens with two attached hydrogens (primary N) is 1. The van der Waals surface area contributed by atoms with E-state index < -0.39 is 0 Å². The number of carbonyl (C=O) groups is 1. The van der Waals surface area contributed by atoms with Gasteiger partial charge < -0.3 is 10.6 Å². The maximum atomic E-state index is 12.2. The Bertz CT molecular complexity index is 399. The van der Waals surface area contributed by atoms with E-state index in [1.165, 1.54) is 5.56 Å². The number of amides is 1. The van der Waals surface area contributed by atoms with E-state index in [4.69, 9.17) is 5.73 Å². The molecule has 1 aromatic carbocycles. The first-order valence-electron chi connectivity index (χ1n) is 6.19. The van der Waals surface area contributed by atoms with E-state index in [0.717, 1.165) is 18.5 Å². The molecule has 0 radical (unpaired) electrons. The molecule has 0 aliphatic carbocycles. The average molecular weight is 232 g/mol. The Labute approximate surface area is 103 Å². The molecule has 2 N–H and O–H groups in total. The van der Waals surface area contributed by atoms with Gasteiger partial charge in [0.05, 0.1) is 0 Å². The van der Waals surface area contributed by atoms with Crippen LogP contribution in [0.3, 0.4) is 0 Å². The van der Waals surface area contributed by atoms with Crippen LogP contribution >= 0.6 is 0 Å². The summed E-state index contributed by atoms with van der Waals surface area (Å²) in [5, 5.41) is 0. The molecule has 2 rings (SSSR count). The Balaban J connectivity index is 2.08. The average Bonchev–Trinajstić information content (AvgIpc) is 2.33. The number of aryl methyl sites for hydroxylation is 1. The summed E-state index contributed by atoms with van der Waals surface area (Å²) in [7, 11) is 0. The van der Waals surface area contributed by atoms with Crippen LogP contribution in [0.2, 0.25) is 0 Å². The van der Waals surface area contributed by atoms with Crippen molar-refractivity contribution in [3.8, 4) is 0 Å². The molecule has 0 aromatic heterocycles. The topological polar surface area (TPSA) is 46.3 Å². The summed E-state index contributed by atoms with van der Waals surface area (Å²) in [5.74, 6) is 0.615. The molecular formula is C14H20N2O. The molecule has 92 valence electrons. The van der Waals surface area contributed by atoms with Crippen LogP contribution in [0.4, 0.5) is 0 Å². The summed E-state index contributed by atoms with van der Waals surface area (Å²) in [4.78, 5) is 14.1. The lowest BCUT2D eigenvalue weighted by Gasteiger charge is -2.35. The second-order valence-electron chi connectivity index (χ2n) is 5.05. The zero-order chi connectivity index (χ0) is 12.4. The van der Waals surface area contributed by atoms with Gasteiger partial charge >= 0.3 is 0 Å². The first-order valence-corrected chi connectivity index (χ1v) is 6.19. The lowest BCUT2D eigenvalue weighted by Crippen LogP contribution is -2.49. The minimum Gasteiger partial charge on any atom is -0.337 e. The van der Waals surface area contributed by atoms with Crippen molar-refractivity contribution in [2.24, 2.45) is 11.7 Å². The fourth-order valence-corrected chi connectivity index (χ4v) is 2.16. The van der Waals surface area contributed by atoms with Gasteiger partial charge in [0.25, 0.3) is 5.91 Å². The number of benzene rings is 1. The van der Waals surface area contributed by atoms with Crippen molar-refractivity contribution < 1.29 is 4.79 Å². The van der Waals surface area contributed by atoms with Crippen LogP contribution in [-0.4, -0.2) is 29.9 Å². The molecule has 2 unspecified atom stereocenters. The molecule has 1 aliphatic heterocycles. The SMILES string of the molecule is Cc1ccc(C(=O)N2CCC(C)C(N)C2)cc1. The molecule has 17 heavy (non-hydrogen) atoms. The van der Waals surface area contributed by atoms with Crippen molar-refractivity contribution in [1.29, 1.82) is 0 Å². The smallest absolute Gasteiger partial charge is 0.253 e. The Hall–Kier alpha value is -1.35. The van der Waals surface area contributed by atoms with Gasteiger partial charge in [-0.3, -0.25) is 4.79 Å². The van der Waals surface area contributed by atoms with Gasteiger partial charge in [-0.2, -0.15) is 0 Å². The number of carbonyl (C=O) groups excluding carboxylic acids is 1. The minimum absolute atomic E-state index is 0.104. The molecule has 0 bridgehead atoms. The van der Waals surface area contributed by atoms with Crippen molar-refractivity contribution in [1.82, 2.24) is 4.90 Å². The quantitative estimate of drug-likeness (QED) is 0.802. The molecule has 3 heteroatoms. The Morgan fingerprint density at radius 2 is 2.00 bits per heavy atom. The van der Waals surface area contributed by atoms with Crippen LogP contribution in [0.25, 0.3) is 0 Å². The highest BCUT2D eigenvalue weighted by Crippen LogP contribution is 2.17. The van der Waals surface area contributed by atoms with E-state index in [0.29, 0.717) is 12.5 Å². The van der Waals surface area contributed by atoms with Gasteiger partial charge in [-0.1, -0.05) is 24.6 Å². The van der Waals surface area contributed by atoms with E-state index in [-0.39, 0.29) is 11.9 Å². The van der Waals surface area contributed by atoms with Crippen LogP contribution in [0.15, 0.2) is 24.3 Å². The van der Waals surface area contributed by atoms with Gasteiger partial charge in [-0.15, -0.1) is 0 Å². The second-order valence-corrected chi connectivity index (χ2v) is 5.05. The third-order valence-electron chi connectivity index (χ3n) is 3.60. The molecule has 1 aliphatic rings. The number of rotatable bonds is 1. The number of hydrogen-bond acceptors (Lipinski definition) is 2. The molecule has 1 fully saturated rings.